The van der Waals surface area contributed by atoms with Gasteiger partial charge in [-0.3, -0.25) is 4.79 Å². The van der Waals surface area contributed by atoms with E-state index in [-0.39, 0.29) is 29.8 Å². The summed E-state index contributed by atoms with van der Waals surface area (Å²) in [5, 5.41) is 20.8. The molecule has 0 saturated heterocycles. The van der Waals surface area contributed by atoms with Crippen LogP contribution < -0.4 is 0 Å². The highest BCUT2D eigenvalue weighted by molar-refractivity contribution is 5.77. The highest BCUT2D eigenvalue weighted by atomic mass is 16.5. The van der Waals surface area contributed by atoms with Crippen LogP contribution >= 0.6 is 0 Å². The summed E-state index contributed by atoms with van der Waals surface area (Å²) in [7, 11) is 0. The summed E-state index contributed by atoms with van der Waals surface area (Å²) in [5.41, 5.74) is 2.41. The van der Waals surface area contributed by atoms with Gasteiger partial charge >= 0.3 is 5.97 Å². The minimum Gasteiger partial charge on any atom is -0.465 e. The van der Waals surface area contributed by atoms with E-state index < -0.39 is 12.1 Å². The third-order valence-corrected chi connectivity index (χ3v) is 6.43. The maximum atomic E-state index is 12.6. The van der Waals surface area contributed by atoms with Crippen molar-refractivity contribution in [3.05, 3.63) is 60.2 Å². The Morgan fingerprint density at radius 3 is 2.12 bits per heavy atom. The van der Waals surface area contributed by atoms with Crippen LogP contribution in [0.25, 0.3) is 11.0 Å². The zero-order valence-corrected chi connectivity index (χ0v) is 20.4. The molecule has 0 saturated carbocycles. The van der Waals surface area contributed by atoms with Crippen LogP contribution in [0.15, 0.2) is 54.6 Å². The van der Waals surface area contributed by atoms with Gasteiger partial charge in [0.05, 0.1) is 18.6 Å². The number of rotatable bonds is 10. The number of hydrogen-bond acceptors (Lipinski definition) is 5. The monoisotopic (exact) mass is 451 g/mol. The van der Waals surface area contributed by atoms with Crippen LogP contribution in [-0.4, -0.2) is 38.8 Å². The number of benzene rings is 2. The van der Waals surface area contributed by atoms with Crippen molar-refractivity contribution in [2.24, 2.45) is 11.3 Å². The van der Waals surface area contributed by atoms with Crippen LogP contribution in [0.5, 0.6) is 0 Å². The molecule has 6 nitrogen and oxygen atoms in total. The van der Waals surface area contributed by atoms with Gasteiger partial charge in [-0.25, -0.2) is 0 Å². The fourth-order valence-corrected chi connectivity index (χ4v) is 4.43. The smallest absolute Gasteiger partial charge is 0.313 e. The second-order valence-electron chi connectivity index (χ2n) is 9.92. The summed E-state index contributed by atoms with van der Waals surface area (Å²) in [4.78, 5) is 14.3. The molecule has 0 aliphatic rings. The van der Waals surface area contributed by atoms with Crippen LogP contribution in [-0.2, 0) is 9.53 Å². The molecular weight excluding hydrogens is 414 g/mol. The number of ether oxygens (including phenoxy) is 1. The Kier molecular flexibility index (Phi) is 8.25. The van der Waals surface area contributed by atoms with Gasteiger partial charge in [0.2, 0.25) is 0 Å². The molecule has 3 aromatic rings. The number of esters is 1. The topological polar surface area (TPSA) is 77.2 Å². The minimum atomic E-state index is -0.669. The van der Waals surface area contributed by atoms with E-state index in [1.165, 1.54) is 0 Å². The van der Waals surface area contributed by atoms with Crippen molar-refractivity contribution in [1.29, 1.82) is 0 Å². The maximum Gasteiger partial charge on any atom is 0.313 e. The van der Waals surface area contributed by atoms with Crippen molar-refractivity contribution in [2.45, 2.75) is 71.9 Å². The Bertz CT molecular complexity index is 993. The molecule has 0 fully saturated rings. The highest BCUT2D eigenvalue weighted by Crippen LogP contribution is 2.37. The number of hydrogen-bond donors (Lipinski definition) is 1. The van der Waals surface area contributed by atoms with Crippen LogP contribution in [0.4, 0.5) is 0 Å². The normalized spacial score (nSPS) is 15.7. The number of carbonyl (C=O) groups excluding carboxylic acids is 1. The Hall–Kier alpha value is -2.73. The number of aromatic nitrogens is 3. The second kappa shape index (κ2) is 10.9. The van der Waals surface area contributed by atoms with E-state index in [0.29, 0.717) is 6.42 Å². The molecular formula is C27H37N3O3. The molecule has 3 rings (SSSR count). The Morgan fingerprint density at radius 2 is 1.58 bits per heavy atom. The van der Waals surface area contributed by atoms with Crippen molar-refractivity contribution in [1.82, 2.24) is 15.0 Å². The molecule has 178 valence electrons. The lowest BCUT2D eigenvalue weighted by atomic mass is 9.73. The number of carbonyl (C=O) groups is 1. The first-order valence-corrected chi connectivity index (χ1v) is 11.9. The van der Waals surface area contributed by atoms with Crippen molar-refractivity contribution in [3.8, 4) is 0 Å². The number of aliphatic hydroxyl groups excluding tert-OH is 1. The zero-order valence-electron chi connectivity index (χ0n) is 20.4. The van der Waals surface area contributed by atoms with Gasteiger partial charge in [-0.05, 0) is 42.4 Å². The van der Waals surface area contributed by atoms with Gasteiger partial charge in [0, 0.05) is 6.42 Å². The standard InChI is InChI=1S/C27H37N3O3/c1-6-12-21(27(3,4)5)25(31)24(30-28-22-15-10-11-16-23(22)29-30)17-18-33-26(32)19(2)20-13-8-7-9-14-20/h7-11,13-16,19,21,24-25,31H,6,12,17-18H2,1-5H3. The van der Waals surface area contributed by atoms with Crippen molar-refractivity contribution in [3.63, 3.8) is 0 Å². The molecule has 1 aromatic heterocycles. The molecule has 2 aromatic carbocycles. The molecule has 1 N–H and O–H groups in total. The molecule has 1 heterocycles. The molecule has 0 spiro atoms. The second-order valence-corrected chi connectivity index (χ2v) is 9.92. The lowest BCUT2D eigenvalue weighted by molar-refractivity contribution is -0.146. The molecule has 0 amide bonds. The van der Waals surface area contributed by atoms with E-state index in [1.54, 1.807) is 4.80 Å². The summed E-state index contributed by atoms with van der Waals surface area (Å²) in [5.74, 6) is -0.558. The number of aliphatic hydroxyl groups is 1. The summed E-state index contributed by atoms with van der Waals surface area (Å²) in [6, 6.07) is 16.9. The predicted molar refractivity (Wildman–Crippen MR) is 131 cm³/mol. The van der Waals surface area contributed by atoms with Gasteiger partial charge in [-0.15, -0.1) is 0 Å². The first-order chi connectivity index (χ1) is 15.7. The van der Waals surface area contributed by atoms with Gasteiger partial charge in [0.1, 0.15) is 17.1 Å². The van der Waals surface area contributed by atoms with Crippen molar-refractivity contribution >= 4 is 17.0 Å². The van der Waals surface area contributed by atoms with Crippen molar-refractivity contribution in [2.75, 3.05) is 6.61 Å². The molecule has 0 aliphatic carbocycles. The summed E-state index contributed by atoms with van der Waals surface area (Å²) in [6.07, 6.45) is 1.64. The molecule has 0 radical (unpaired) electrons. The summed E-state index contributed by atoms with van der Waals surface area (Å²) >= 11 is 0. The van der Waals surface area contributed by atoms with Crippen LogP contribution in [0, 0.1) is 11.3 Å². The Balaban J connectivity index is 1.78. The van der Waals surface area contributed by atoms with E-state index >= 15 is 0 Å². The summed E-state index contributed by atoms with van der Waals surface area (Å²) in [6.45, 7) is 10.6. The van der Waals surface area contributed by atoms with Crippen molar-refractivity contribution < 1.29 is 14.6 Å². The predicted octanol–water partition coefficient (Wildman–Crippen LogP) is 5.53. The SMILES string of the molecule is CCCC(C(O)C(CCOC(=O)C(C)c1ccccc1)n1nc2ccccc2n1)C(C)(C)C. The average Bonchev–Trinajstić information content (AvgIpc) is 3.23. The van der Waals surface area contributed by atoms with Crippen LogP contribution in [0.2, 0.25) is 0 Å². The van der Waals surface area contributed by atoms with E-state index in [2.05, 4.69) is 37.9 Å². The minimum absolute atomic E-state index is 0.0561. The van der Waals surface area contributed by atoms with Gasteiger partial charge in [-0.2, -0.15) is 15.0 Å². The fraction of sp³-hybridized carbons (Fsp3) is 0.519. The molecule has 0 aliphatic heterocycles. The average molecular weight is 452 g/mol. The van der Waals surface area contributed by atoms with Gasteiger partial charge in [0.15, 0.2) is 0 Å². The lowest BCUT2D eigenvalue weighted by Gasteiger charge is -2.37. The third kappa shape index (κ3) is 6.20. The zero-order chi connectivity index (χ0) is 24.0. The quantitative estimate of drug-likeness (QED) is 0.410. The highest BCUT2D eigenvalue weighted by Gasteiger charge is 2.37. The van der Waals surface area contributed by atoms with E-state index in [1.807, 2.05) is 61.5 Å². The summed E-state index contributed by atoms with van der Waals surface area (Å²) < 4.78 is 5.64. The lowest BCUT2D eigenvalue weighted by Crippen LogP contribution is -2.39. The van der Waals surface area contributed by atoms with E-state index in [4.69, 9.17) is 4.74 Å². The van der Waals surface area contributed by atoms with E-state index in [0.717, 1.165) is 29.4 Å². The first-order valence-electron chi connectivity index (χ1n) is 11.9. The van der Waals surface area contributed by atoms with Gasteiger partial charge in [0.25, 0.3) is 0 Å². The largest absolute Gasteiger partial charge is 0.465 e. The molecule has 6 heteroatoms. The van der Waals surface area contributed by atoms with Crippen LogP contribution in [0.1, 0.15) is 71.4 Å². The molecule has 0 bridgehead atoms. The van der Waals surface area contributed by atoms with E-state index in [9.17, 15) is 9.90 Å². The van der Waals surface area contributed by atoms with Gasteiger partial charge < -0.3 is 9.84 Å². The Labute approximate surface area is 197 Å². The Morgan fingerprint density at radius 1 is 1.00 bits per heavy atom. The first kappa shape index (κ1) is 24.9. The maximum absolute atomic E-state index is 12.6. The third-order valence-electron chi connectivity index (χ3n) is 6.43. The van der Waals surface area contributed by atoms with Crippen LogP contribution in [0.3, 0.4) is 0 Å². The number of nitrogens with zero attached hydrogens (tertiary/aromatic N) is 3. The van der Waals surface area contributed by atoms with Gasteiger partial charge in [-0.1, -0.05) is 76.6 Å². The molecule has 4 unspecified atom stereocenters. The fourth-order valence-electron chi connectivity index (χ4n) is 4.43. The number of fused-ring (bicyclic) bond motifs is 1. The molecule has 4 atom stereocenters. The molecule has 33 heavy (non-hydrogen) atoms.